The molecule has 1 fully saturated rings. The van der Waals surface area contributed by atoms with Crippen LogP contribution in [0, 0.1) is 6.92 Å². The lowest BCUT2D eigenvalue weighted by Gasteiger charge is -2.29. The monoisotopic (exact) mass is 292 g/mol. The second kappa shape index (κ2) is 7.07. The maximum atomic E-state index is 5.62. The Bertz CT molecular complexity index is 476. The van der Waals surface area contributed by atoms with Crippen LogP contribution in [0.1, 0.15) is 57.8 Å². The molecule has 1 saturated heterocycles. The summed E-state index contributed by atoms with van der Waals surface area (Å²) in [4.78, 5) is 9.37. The Morgan fingerprint density at radius 1 is 1.29 bits per heavy atom. The van der Waals surface area contributed by atoms with Crippen LogP contribution in [0.25, 0.3) is 0 Å². The molecule has 5 nitrogen and oxygen atoms in total. The highest BCUT2D eigenvalue weighted by Crippen LogP contribution is 2.25. The van der Waals surface area contributed by atoms with Gasteiger partial charge in [-0.2, -0.15) is 0 Å². The predicted molar refractivity (Wildman–Crippen MR) is 87.1 cm³/mol. The van der Waals surface area contributed by atoms with E-state index < -0.39 is 0 Å². The van der Waals surface area contributed by atoms with Crippen molar-refractivity contribution in [2.75, 3.05) is 23.8 Å². The van der Waals surface area contributed by atoms with Crippen molar-refractivity contribution in [2.45, 2.75) is 65.5 Å². The van der Waals surface area contributed by atoms with Gasteiger partial charge in [0.05, 0.1) is 6.10 Å². The van der Waals surface area contributed by atoms with E-state index in [1.54, 1.807) is 0 Å². The fourth-order valence-electron chi connectivity index (χ4n) is 2.59. The fraction of sp³-hybridized carbons (Fsp3) is 0.750. The molecule has 0 amide bonds. The minimum Gasteiger partial charge on any atom is -0.378 e. The van der Waals surface area contributed by atoms with Crippen LogP contribution in [-0.2, 0) is 4.74 Å². The highest BCUT2D eigenvalue weighted by Gasteiger charge is 2.21. The lowest BCUT2D eigenvalue weighted by molar-refractivity contribution is 0.0231. The first-order valence-electron chi connectivity index (χ1n) is 8.01. The lowest BCUT2D eigenvalue weighted by atomic mass is 10.0. The summed E-state index contributed by atoms with van der Waals surface area (Å²) < 4.78 is 5.62. The van der Waals surface area contributed by atoms with E-state index in [1.807, 2.05) is 0 Å². The van der Waals surface area contributed by atoms with E-state index in [0.717, 1.165) is 49.0 Å². The summed E-state index contributed by atoms with van der Waals surface area (Å²) in [6.07, 6.45) is 2.37. The summed E-state index contributed by atoms with van der Waals surface area (Å²) in [5.74, 6) is 3.11. The van der Waals surface area contributed by atoms with Crippen LogP contribution >= 0.6 is 0 Å². The number of aromatic nitrogens is 2. The van der Waals surface area contributed by atoms with E-state index in [2.05, 4.69) is 50.2 Å². The number of rotatable bonds is 5. The topological polar surface area (TPSA) is 59.1 Å². The van der Waals surface area contributed by atoms with Crippen molar-refractivity contribution in [3.8, 4) is 0 Å². The molecule has 0 spiro atoms. The molecule has 1 aliphatic rings. The van der Waals surface area contributed by atoms with Crippen LogP contribution in [0.2, 0.25) is 0 Å². The van der Waals surface area contributed by atoms with Crippen LogP contribution in [0.3, 0.4) is 0 Å². The molecule has 0 aliphatic carbocycles. The average Bonchev–Trinajstić information content (AvgIpc) is 2.43. The van der Waals surface area contributed by atoms with Crippen molar-refractivity contribution in [3.05, 3.63) is 11.4 Å². The van der Waals surface area contributed by atoms with Gasteiger partial charge in [0.25, 0.3) is 0 Å². The van der Waals surface area contributed by atoms with E-state index in [4.69, 9.17) is 9.72 Å². The Balaban J connectivity index is 2.23. The van der Waals surface area contributed by atoms with Gasteiger partial charge in [0.2, 0.25) is 0 Å². The van der Waals surface area contributed by atoms with Gasteiger partial charge in [-0.15, -0.1) is 0 Å². The molecule has 1 aromatic heterocycles. The number of nitrogens with one attached hydrogen (secondary N) is 2. The Kier molecular flexibility index (Phi) is 5.39. The highest BCUT2D eigenvalue weighted by molar-refractivity contribution is 5.57. The third-order valence-electron chi connectivity index (χ3n) is 3.85. The van der Waals surface area contributed by atoms with Crippen LogP contribution in [-0.4, -0.2) is 35.3 Å². The van der Waals surface area contributed by atoms with Gasteiger partial charge >= 0.3 is 0 Å². The minimum atomic E-state index is 0.316. The summed E-state index contributed by atoms with van der Waals surface area (Å²) >= 11 is 0. The van der Waals surface area contributed by atoms with Gasteiger partial charge in [0.15, 0.2) is 0 Å². The zero-order chi connectivity index (χ0) is 15.4. The Morgan fingerprint density at radius 3 is 2.62 bits per heavy atom. The zero-order valence-corrected chi connectivity index (χ0v) is 13.9. The Morgan fingerprint density at radius 2 is 2.00 bits per heavy atom. The summed E-state index contributed by atoms with van der Waals surface area (Å²) in [6.45, 7) is 12.2. The van der Waals surface area contributed by atoms with E-state index in [1.165, 1.54) is 0 Å². The van der Waals surface area contributed by atoms with Crippen molar-refractivity contribution >= 4 is 11.6 Å². The second-order valence-corrected chi connectivity index (χ2v) is 6.14. The molecule has 2 heterocycles. The fourth-order valence-corrected chi connectivity index (χ4v) is 2.59. The zero-order valence-electron chi connectivity index (χ0n) is 13.9. The van der Waals surface area contributed by atoms with Crippen LogP contribution < -0.4 is 10.6 Å². The first-order valence-corrected chi connectivity index (χ1v) is 8.01. The molecule has 2 rings (SSSR count). The van der Waals surface area contributed by atoms with Crippen molar-refractivity contribution in [2.24, 2.45) is 0 Å². The summed E-state index contributed by atoms with van der Waals surface area (Å²) in [6, 6.07) is 0.428. The van der Waals surface area contributed by atoms with E-state index >= 15 is 0 Å². The molecular weight excluding hydrogens is 264 g/mol. The molecule has 5 heteroatoms. The number of nitrogens with zero attached hydrogens (tertiary/aromatic N) is 2. The van der Waals surface area contributed by atoms with Crippen molar-refractivity contribution in [1.29, 1.82) is 0 Å². The number of anilines is 2. The molecule has 0 saturated carbocycles. The van der Waals surface area contributed by atoms with E-state index in [9.17, 15) is 0 Å². The predicted octanol–water partition coefficient (Wildman–Crippen LogP) is 3.32. The van der Waals surface area contributed by atoms with Crippen LogP contribution in [0.5, 0.6) is 0 Å². The molecule has 118 valence electrons. The quantitative estimate of drug-likeness (QED) is 0.872. The molecule has 2 atom stereocenters. The maximum Gasteiger partial charge on any atom is 0.135 e. The first kappa shape index (κ1) is 16.0. The summed E-state index contributed by atoms with van der Waals surface area (Å²) in [5.41, 5.74) is 1.10. The molecule has 1 aliphatic heterocycles. The van der Waals surface area contributed by atoms with Gasteiger partial charge in [-0.3, -0.25) is 0 Å². The highest BCUT2D eigenvalue weighted by atomic mass is 16.5. The Labute approximate surface area is 127 Å². The second-order valence-electron chi connectivity index (χ2n) is 6.14. The van der Waals surface area contributed by atoms with Crippen molar-refractivity contribution in [1.82, 2.24) is 9.97 Å². The van der Waals surface area contributed by atoms with E-state index in [-0.39, 0.29) is 0 Å². The normalized spacial score (nSPS) is 22.4. The largest absolute Gasteiger partial charge is 0.378 e. The molecule has 0 aromatic carbocycles. The van der Waals surface area contributed by atoms with Crippen molar-refractivity contribution < 1.29 is 4.74 Å². The van der Waals surface area contributed by atoms with E-state index in [0.29, 0.717) is 18.1 Å². The van der Waals surface area contributed by atoms with Gasteiger partial charge in [-0.1, -0.05) is 13.8 Å². The SMILES string of the molecule is CCNc1nc(C(C)C)nc(NC2CCOC(C)C2)c1C. The molecule has 2 unspecified atom stereocenters. The smallest absolute Gasteiger partial charge is 0.135 e. The molecule has 2 N–H and O–H groups in total. The van der Waals surface area contributed by atoms with Gasteiger partial charge in [-0.05, 0) is 33.6 Å². The maximum absolute atomic E-state index is 5.62. The molecule has 0 bridgehead atoms. The third-order valence-corrected chi connectivity index (χ3v) is 3.85. The Hall–Kier alpha value is -1.36. The van der Waals surface area contributed by atoms with Gasteiger partial charge in [0.1, 0.15) is 17.5 Å². The average molecular weight is 292 g/mol. The molecule has 21 heavy (non-hydrogen) atoms. The lowest BCUT2D eigenvalue weighted by Crippen LogP contribution is -2.33. The number of hydrogen-bond acceptors (Lipinski definition) is 5. The van der Waals surface area contributed by atoms with Crippen molar-refractivity contribution in [3.63, 3.8) is 0 Å². The third kappa shape index (κ3) is 4.06. The standard InChI is InChI=1S/C16H28N4O/c1-6-17-15-12(5)16(20-14(19-15)10(2)3)18-13-7-8-21-11(4)9-13/h10-11,13H,6-9H2,1-5H3,(H2,17,18,19,20). The first-order chi connectivity index (χ1) is 10.0. The number of ether oxygens (including phenoxy) is 1. The molecular formula is C16H28N4O. The minimum absolute atomic E-state index is 0.316. The van der Waals surface area contributed by atoms with Gasteiger partial charge in [0, 0.05) is 30.7 Å². The van der Waals surface area contributed by atoms with Crippen LogP contribution in [0.4, 0.5) is 11.6 Å². The molecule has 1 aromatic rings. The van der Waals surface area contributed by atoms with Gasteiger partial charge in [-0.25, -0.2) is 9.97 Å². The summed E-state index contributed by atoms with van der Waals surface area (Å²) in [5, 5.41) is 6.94. The number of hydrogen-bond donors (Lipinski definition) is 2. The van der Waals surface area contributed by atoms with Gasteiger partial charge < -0.3 is 15.4 Å². The van der Waals surface area contributed by atoms with Crippen LogP contribution in [0.15, 0.2) is 0 Å². The summed E-state index contributed by atoms with van der Waals surface area (Å²) in [7, 11) is 0. The molecule has 0 radical (unpaired) electrons.